The summed E-state index contributed by atoms with van der Waals surface area (Å²) in [6, 6.07) is 1.49. The summed E-state index contributed by atoms with van der Waals surface area (Å²) in [5.74, 6) is 1.20. The monoisotopic (exact) mass is 273 g/mol. The van der Waals surface area contributed by atoms with Crippen LogP contribution in [0.4, 0.5) is 5.82 Å². The van der Waals surface area contributed by atoms with Crippen LogP contribution in [0, 0.1) is 0 Å². The average Bonchev–Trinajstić information content (AvgIpc) is 2.32. The van der Waals surface area contributed by atoms with Crippen LogP contribution >= 0.6 is 23.4 Å². The number of nitrogens with two attached hydrogens (primary N) is 1. The summed E-state index contributed by atoms with van der Waals surface area (Å²) in [4.78, 5) is 15.6. The van der Waals surface area contributed by atoms with Crippen LogP contribution < -0.4 is 11.1 Å². The van der Waals surface area contributed by atoms with E-state index in [0.717, 1.165) is 18.6 Å². The Morgan fingerprint density at radius 3 is 3.06 bits per heavy atom. The zero-order valence-electron chi connectivity index (χ0n) is 9.70. The van der Waals surface area contributed by atoms with Crippen LogP contribution in [-0.2, 0) is 0 Å². The largest absolute Gasteiger partial charge is 0.384 e. The molecular formula is C11H16ClN3OS. The number of carbonyl (C=O) groups excluding carboxylic acids is 1. The Morgan fingerprint density at radius 2 is 2.35 bits per heavy atom. The normalized spacial score (nSPS) is 10.2. The van der Waals surface area contributed by atoms with E-state index in [-0.39, 0.29) is 5.91 Å². The molecule has 0 unspecified atom stereocenters. The van der Waals surface area contributed by atoms with Crippen molar-refractivity contribution in [3.8, 4) is 0 Å². The molecule has 0 spiro atoms. The van der Waals surface area contributed by atoms with Crippen molar-refractivity contribution in [1.82, 2.24) is 10.3 Å². The fourth-order valence-electron chi connectivity index (χ4n) is 1.30. The molecule has 1 rings (SSSR count). The number of nitrogens with one attached hydrogen (secondary N) is 1. The van der Waals surface area contributed by atoms with Gasteiger partial charge in [-0.3, -0.25) is 4.79 Å². The first-order valence-electron chi connectivity index (χ1n) is 5.33. The zero-order chi connectivity index (χ0) is 12.7. The number of carbonyl (C=O) groups is 1. The number of amides is 1. The molecule has 0 atom stereocenters. The molecule has 0 aromatic carbocycles. The quantitative estimate of drug-likeness (QED) is 0.780. The molecule has 0 aliphatic rings. The van der Waals surface area contributed by atoms with E-state index < -0.39 is 0 Å². The number of nitrogen functional groups attached to an aromatic ring is 1. The first-order valence-corrected chi connectivity index (χ1v) is 7.10. The van der Waals surface area contributed by atoms with Crippen molar-refractivity contribution in [2.75, 3.05) is 24.3 Å². The molecule has 1 heterocycles. The molecule has 0 fully saturated rings. The van der Waals surface area contributed by atoms with Crippen LogP contribution in [0.25, 0.3) is 0 Å². The number of anilines is 1. The molecule has 1 amide bonds. The van der Waals surface area contributed by atoms with Crippen LogP contribution in [-0.4, -0.2) is 29.4 Å². The van der Waals surface area contributed by atoms with Gasteiger partial charge in [0.2, 0.25) is 0 Å². The van der Waals surface area contributed by atoms with Crippen LogP contribution in [0.3, 0.4) is 0 Å². The molecule has 1 aromatic heterocycles. The van der Waals surface area contributed by atoms with E-state index in [9.17, 15) is 4.79 Å². The van der Waals surface area contributed by atoms with Gasteiger partial charge in [0.1, 0.15) is 5.82 Å². The Morgan fingerprint density at radius 1 is 1.59 bits per heavy atom. The standard InChI is InChI=1S/C11H16ClN3OS/c1-17-5-3-2-4-14-11(16)8-6-10(13)15-7-9(8)12/h6-7H,2-5H2,1H3,(H2,13,15)(H,14,16). The van der Waals surface area contributed by atoms with Gasteiger partial charge in [0.15, 0.2) is 0 Å². The number of hydrogen-bond acceptors (Lipinski definition) is 4. The van der Waals surface area contributed by atoms with E-state index in [2.05, 4.69) is 16.6 Å². The average molecular weight is 274 g/mol. The number of halogens is 1. The van der Waals surface area contributed by atoms with E-state index in [1.54, 1.807) is 11.8 Å². The highest BCUT2D eigenvalue weighted by atomic mass is 35.5. The minimum absolute atomic E-state index is 0.201. The summed E-state index contributed by atoms with van der Waals surface area (Å²) in [6.45, 7) is 0.651. The topological polar surface area (TPSA) is 68.0 Å². The Balaban J connectivity index is 2.44. The molecule has 94 valence electrons. The lowest BCUT2D eigenvalue weighted by Crippen LogP contribution is -2.25. The van der Waals surface area contributed by atoms with Gasteiger partial charge in [0, 0.05) is 12.7 Å². The van der Waals surface area contributed by atoms with E-state index in [4.69, 9.17) is 17.3 Å². The Kier molecular flexibility index (Phi) is 6.15. The summed E-state index contributed by atoms with van der Waals surface area (Å²) >= 11 is 7.67. The predicted molar refractivity (Wildman–Crippen MR) is 73.6 cm³/mol. The third-order valence-corrected chi connectivity index (χ3v) is 3.18. The van der Waals surface area contributed by atoms with Crippen molar-refractivity contribution in [2.24, 2.45) is 0 Å². The number of thioether (sulfide) groups is 1. The van der Waals surface area contributed by atoms with Crippen molar-refractivity contribution < 1.29 is 4.79 Å². The number of unbranched alkanes of at least 4 members (excludes halogenated alkanes) is 1. The number of hydrogen-bond donors (Lipinski definition) is 2. The molecular weight excluding hydrogens is 258 g/mol. The number of aromatic nitrogens is 1. The van der Waals surface area contributed by atoms with Crippen molar-refractivity contribution >= 4 is 35.1 Å². The van der Waals surface area contributed by atoms with Gasteiger partial charge in [-0.1, -0.05) is 11.6 Å². The minimum Gasteiger partial charge on any atom is -0.384 e. The molecule has 17 heavy (non-hydrogen) atoms. The molecule has 0 saturated heterocycles. The summed E-state index contributed by atoms with van der Waals surface area (Å²) in [7, 11) is 0. The SMILES string of the molecule is CSCCCCNC(=O)c1cc(N)ncc1Cl. The van der Waals surface area contributed by atoms with Gasteiger partial charge >= 0.3 is 0 Å². The molecule has 4 nitrogen and oxygen atoms in total. The van der Waals surface area contributed by atoms with Gasteiger partial charge in [-0.25, -0.2) is 4.98 Å². The lowest BCUT2D eigenvalue weighted by Gasteiger charge is -2.06. The first kappa shape index (κ1) is 14.1. The van der Waals surface area contributed by atoms with Gasteiger partial charge in [0.05, 0.1) is 10.6 Å². The third-order valence-electron chi connectivity index (χ3n) is 2.18. The van der Waals surface area contributed by atoms with E-state index >= 15 is 0 Å². The molecule has 6 heteroatoms. The Labute approximate surface area is 110 Å². The number of pyridine rings is 1. The van der Waals surface area contributed by atoms with Gasteiger partial charge in [-0.2, -0.15) is 11.8 Å². The van der Waals surface area contributed by atoms with E-state index in [1.807, 2.05) is 0 Å². The van der Waals surface area contributed by atoms with E-state index in [0.29, 0.717) is 22.9 Å². The lowest BCUT2D eigenvalue weighted by atomic mass is 10.2. The maximum atomic E-state index is 11.8. The summed E-state index contributed by atoms with van der Waals surface area (Å²) in [6.07, 6.45) is 5.51. The fourth-order valence-corrected chi connectivity index (χ4v) is 1.98. The van der Waals surface area contributed by atoms with Crippen molar-refractivity contribution in [2.45, 2.75) is 12.8 Å². The number of nitrogens with zero attached hydrogens (tertiary/aromatic N) is 1. The molecule has 0 radical (unpaired) electrons. The smallest absolute Gasteiger partial charge is 0.252 e. The maximum Gasteiger partial charge on any atom is 0.252 e. The second kappa shape index (κ2) is 7.40. The third kappa shape index (κ3) is 4.83. The first-order chi connectivity index (χ1) is 8.15. The summed E-state index contributed by atoms with van der Waals surface area (Å²) in [5, 5.41) is 3.13. The Bertz CT molecular complexity index is 387. The molecule has 0 saturated carbocycles. The van der Waals surface area contributed by atoms with Gasteiger partial charge in [-0.15, -0.1) is 0 Å². The van der Waals surface area contributed by atoms with Gasteiger partial charge < -0.3 is 11.1 Å². The second-order valence-corrected chi connectivity index (χ2v) is 4.94. The van der Waals surface area contributed by atoms with Crippen molar-refractivity contribution in [3.05, 3.63) is 22.8 Å². The van der Waals surface area contributed by atoms with Crippen molar-refractivity contribution in [3.63, 3.8) is 0 Å². The zero-order valence-corrected chi connectivity index (χ0v) is 11.3. The molecule has 0 aliphatic heterocycles. The van der Waals surface area contributed by atoms with Crippen LogP contribution in [0.5, 0.6) is 0 Å². The molecule has 0 bridgehead atoms. The van der Waals surface area contributed by atoms with Crippen molar-refractivity contribution in [1.29, 1.82) is 0 Å². The van der Waals surface area contributed by atoms with Crippen LogP contribution in [0.1, 0.15) is 23.2 Å². The minimum atomic E-state index is -0.201. The van der Waals surface area contributed by atoms with Crippen LogP contribution in [0.2, 0.25) is 5.02 Å². The highest BCUT2D eigenvalue weighted by Crippen LogP contribution is 2.16. The van der Waals surface area contributed by atoms with Gasteiger partial charge in [-0.05, 0) is 30.9 Å². The van der Waals surface area contributed by atoms with Crippen LogP contribution in [0.15, 0.2) is 12.3 Å². The number of rotatable bonds is 6. The highest BCUT2D eigenvalue weighted by molar-refractivity contribution is 7.98. The molecule has 0 aliphatic carbocycles. The Hall–Kier alpha value is -0.940. The lowest BCUT2D eigenvalue weighted by molar-refractivity contribution is 0.0953. The summed E-state index contributed by atoms with van der Waals surface area (Å²) in [5.41, 5.74) is 5.89. The second-order valence-electron chi connectivity index (χ2n) is 3.54. The van der Waals surface area contributed by atoms with Gasteiger partial charge in [0.25, 0.3) is 5.91 Å². The van der Waals surface area contributed by atoms with E-state index in [1.165, 1.54) is 12.3 Å². The fraction of sp³-hybridized carbons (Fsp3) is 0.455. The highest BCUT2D eigenvalue weighted by Gasteiger charge is 2.10. The maximum absolute atomic E-state index is 11.8. The molecule has 1 aromatic rings. The predicted octanol–water partition coefficient (Wildman–Crippen LogP) is 2.19. The summed E-state index contributed by atoms with van der Waals surface area (Å²) < 4.78 is 0. The molecule has 3 N–H and O–H groups in total.